The number of aryl methyl sites for hydroxylation is 2. The summed E-state index contributed by atoms with van der Waals surface area (Å²) in [6, 6.07) is 5.44. The molecule has 150 valence electrons. The van der Waals surface area contributed by atoms with Gasteiger partial charge in [-0.05, 0) is 49.6 Å². The second-order valence-electron chi connectivity index (χ2n) is 7.05. The van der Waals surface area contributed by atoms with Crippen LogP contribution < -0.4 is 10.3 Å². The number of pyridine rings is 1. The SMILES string of the molecule is COCCCOc1cc2c(cc1Cl)CCN(Cc1c(C)cc(C)[nH]c1=O)C2=O. The maximum atomic E-state index is 13.0. The van der Waals surface area contributed by atoms with E-state index in [0.717, 1.165) is 23.2 Å². The number of aromatic amines is 1. The molecule has 28 heavy (non-hydrogen) atoms. The molecule has 2 aromatic rings. The zero-order valence-corrected chi connectivity index (χ0v) is 17.2. The quantitative estimate of drug-likeness (QED) is 0.719. The number of ether oxygens (including phenoxy) is 2. The van der Waals surface area contributed by atoms with Gasteiger partial charge in [0.05, 0.1) is 18.2 Å². The van der Waals surface area contributed by atoms with Crippen LogP contribution in [-0.4, -0.2) is 42.7 Å². The molecule has 1 amide bonds. The van der Waals surface area contributed by atoms with Crippen molar-refractivity contribution in [1.29, 1.82) is 0 Å². The third-order valence-electron chi connectivity index (χ3n) is 4.92. The van der Waals surface area contributed by atoms with Crippen molar-refractivity contribution in [3.05, 3.63) is 61.5 Å². The molecule has 0 atom stereocenters. The number of fused-ring (bicyclic) bond motifs is 1. The number of carbonyl (C=O) groups excluding carboxylic acids is 1. The number of halogens is 1. The molecule has 6 nitrogen and oxygen atoms in total. The predicted molar refractivity (Wildman–Crippen MR) is 108 cm³/mol. The average molecular weight is 405 g/mol. The van der Waals surface area contributed by atoms with Crippen LogP contribution >= 0.6 is 11.6 Å². The zero-order chi connectivity index (χ0) is 20.3. The summed E-state index contributed by atoms with van der Waals surface area (Å²) in [6.45, 7) is 5.63. The summed E-state index contributed by atoms with van der Waals surface area (Å²) in [4.78, 5) is 29.9. The van der Waals surface area contributed by atoms with Gasteiger partial charge in [0.2, 0.25) is 0 Å². The molecule has 1 aromatic heterocycles. The van der Waals surface area contributed by atoms with Crippen molar-refractivity contribution in [2.24, 2.45) is 0 Å². The number of hydrogen-bond donors (Lipinski definition) is 1. The molecule has 1 aliphatic rings. The molecule has 0 bridgehead atoms. The monoisotopic (exact) mass is 404 g/mol. The summed E-state index contributed by atoms with van der Waals surface area (Å²) >= 11 is 6.32. The van der Waals surface area contributed by atoms with E-state index in [2.05, 4.69) is 4.98 Å². The van der Waals surface area contributed by atoms with Crippen molar-refractivity contribution in [3.8, 4) is 5.75 Å². The number of hydrogen-bond acceptors (Lipinski definition) is 4. The number of rotatable bonds is 7. The highest BCUT2D eigenvalue weighted by molar-refractivity contribution is 6.32. The molecule has 0 aliphatic carbocycles. The molecule has 0 saturated carbocycles. The van der Waals surface area contributed by atoms with E-state index >= 15 is 0 Å². The van der Waals surface area contributed by atoms with E-state index in [1.165, 1.54) is 0 Å². The molecule has 1 aromatic carbocycles. The number of aromatic nitrogens is 1. The average Bonchev–Trinajstić information content (AvgIpc) is 2.64. The lowest BCUT2D eigenvalue weighted by atomic mass is 9.97. The normalized spacial score (nSPS) is 13.6. The highest BCUT2D eigenvalue weighted by Crippen LogP contribution is 2.32. The van der Waals surface area contributed by atoms with Crippen LogP contribution in [0.25, 0.3) is 0 Å². The van der Waals surface area contributed by atoms with Gasteiger partial charge < -0.3 is 19.4 Å². The Morgan fingerprint density at radius 3 is 2.68 bits per heavy atom. The summed E-state index contributed by atoms with van der Waals surface area (Å²) in [7, 11) is 1.64. The predicted octanol–water partition coefficient (Wildman–Crippen LogP) is 3.26. The number of methoxy groups -OCH3 is 1. The molecular formula is C21H25ClN2O4. The Morgan fingerprint density at radius 2 is 1.96 bits per heavy atom. The fourth-order valence-corrected chi connectivity index (χ4v) is 3.68. The lowest BCUT2D eigenvalue weighted by Crippen LogP contribution is -2.38. The zero-order valence-electron chi connectivity index (χ0n) is 16.4. The van der Waals surface area contributed by atoms with E-state index < -0.39 is 0 Å². The summed E-state index contributed by atoms with van der Waals surface area (Å²) in [5.41, 5.74) is 3.66. The number of H-pyrrole nitrogens is 1. The van der Waals surface area contributed by atoms with Crippen molar-refractivity contribution in [2.45, 2.75) is 33.2 Å². The molecule has 2 heterocycles. The molecule has 0 fully saturated rings. The third-order valence-corrected chi connectivity index (χ3v) is 5.21. The first kappa shape index (κ1) is 20.4. The lowest BCUT2D eigenvalue weighted by Gasteiger charge is -2.29. The van der Waals surface area contributed by atoms with Gasteiger partial charge in [-0.15, -0.1) is 0 Å². The Balaban J connectivity index is 1.81. The van der Waals surface area contributed by atoms with E-state index in [-0.39, 0.29) is 18.0 Å². The van der Waals surface area contributed by atoms with E-state index in [1.807, 2.05) is 26.0 Å². The van der Waals surface area contributed by atoms with Gasteiger partial charge >= 0.3 is 0 Å². The molecule has 0 radical (unpaired) electrons. The van der Waals surface area contributed by atoms with Crippen LogP contribution in [0.3, 0.4) is 0 Å². The number of carbonyl (C=O) groups is 1. The molecule has 0 unspecified atom stereocenters. The second-order valence-corrected chi connectivity index (χ2v) is 7.46. The Hall–Kier alpha value is -2.31. The molecule has 1 aliphatic heterocycles. The minimum atomic E-state index is -0.144. The number of nitrogens with one attached hydrogen (secondary N) is 1. The summed E-state index contributed by atoms with van der Waals surface area (Å²) in [6.07, 6.45) is 1.42. The summed E-state index contributed by atoms with van der Waals surface area (Å²) in [5.74, 6) is 0.384. The molecular weight excluding hydrogens is 380 g/mol. The Morgan fingerprint density at radius 1 is 1.18 bits per heavy atom. The largest absolute Gasteiger partial charge is 0.492 e. The maximum Gasteiger partial charge on any atom is 0.254 e. The van der Waals surface area contributed by atoms with Crippen LogP contribution in [0.1, 0.15) is 39.2 Å². The van der Waals surface area contributed by atoms with E-state index in [4.69, 9.17) is 21.1 Å². The van der Waals surface area contributed by atoms with Gasteiger partial charge in [0.1, 0.15) is 5.75 Å². The molecule has 0 spiro atoms. The minimum absolute atomic E-state index is 0.112. The fourth-order valence-electron chi connectivity index (χ4n) is 3.44. The van der Waals surface area contributed by atoms with Gasteiger partial charge in [0.15, 0.2) is 0 Å². The van der Waals surface area contributed by atoms with E-state index in [1.54, 1.807) is 18.1 Å². The molecule has 3 rings (SSSR count). The number of nitrogens with zero attached hydrogens (tertiary/aromatic N) is 1. The van der Waals surface area contributed by atoms with Crippen molar-refractivity contribution in [3.63, 3.8) is 0 Å². The van der Waals surface area contributed by atoms with Gasteiger partial charge in [-0.2, -0.15) is 0 Å². The summed E-state index contributed by atoms with van der Waals surface area (Å²) < 4.78 is 10.7. The maximum absolute atomic E-state index is 13.0. The minimum Gasteiger partial charge on any atom is -0.492 e. The van der Waals surface area contributed by atoms with E-state index in [9.17, 15) is 9.59 Å². The highest BCUT2D eigenvalue weighted by Gasteiger charge is 2.27. The Labute approximate surface area is 169 Å². The Bertz CT molecular complexity index is 939. The van der Waals surface area contributed by atoms with E-state index in [0.29, 0.717) is 48.1 Å². The number of amides is 1. The van der Waals surface area contributed by atoms with Gasteiger partial charge in [0.25, 0.3) is 11.5 Å². The standard InChI is InChI=1S/C21H25ClN2O4/c1-13-9-14(2)23-20(25)17(13)12-24-6-5-15-10-18(22)19(11-16(15)21(24)26)28-8-4-7-27-3/h9-11H,4-8,12H2,1-3H3,(H,23,25). The fraction of sp³-hybridized carbons (Fsp3) is 0.429. The molecule has 1 N–H and O–H groups in total. The van der Waals surface area contributed by atoms with Crippen LogP contribution in [0, 0.1) is 13.8 Å². The van der Waals surface area contributed by atoms with Gasteiger partial charge in [-0.25, -0.2) is 0 Å². The highest BCUT2D eigenvalue weighted by atomic mass is 35.5. The van der Waals surface area contributed by atoms with Crippen LogP contribution in [-0.2, 0) is 17.7 Å². The smallest absolute Gasteiger partial charge is 0.254 e. The van der Waals surface area contributed by atoms with Crippen molar-refractivity contribution in [2.75, 3.05) is 26.9 Å². The van der Waals surface area contributed by atoms with Crippen molar-refractivity contribution < 1.29 is 14.3 Å². The van der Waals surface area contributed by atoms with Gasteiger partial charge in [-0.1, -0.05) is 11.6 Å². The first-order valence-corrected chi connectivity index (χ1v) is 9.71. The van der Waals surface area contributed by atoms with Crippen LogP contribution in [0.4, 0.5) is 0 Å². The van der Waals surface area contributed by atoms with Gasteiger partial charge in [0, 0.05) is 43.5 Å². The lowest BCUT2D eigenvalue weighted by molar-refractivity contribution is 0.0725. The molecule has 0 saturated heterocycles. The summed E-state index contributed by atoms with van der Waals surface area (Å²) in [5, 5.41) is 0.503. The topological polar surface area (TPSA) is 71.6 Å². The third kappa shape index (κ3) is 4.39. The Kier molecular flexibility index (Phi) is 6.42. The van der Waals surface area contributed by atoms with Crippen molar-refractivity contribution in [1.82, 2.24) is 9.88 Å². The van der Waals surface area contributed by atoms with Crippen LogP contribution in [0.15, 0.2) is 23.0 Å². The first-order valence-electron chi connectivity index (χ1n) is 9.33. The van der Waals surface area contributed by atoms with Crippen LogP contribution in [0.5, 0.6) is 5.75 Å². The number of benzene rings is 1. The van der Waals surface area contributed by atoms with Gasteiger partial charge in [-0.3, -0.25) is 9.59 Å². The molecule has 7 heteroatoms. The van der Waals surface area contributed by atoms with Crippen molar-refractivity contribution >= 4 is 17.5 Å². The second kappa shape index (κ2) is 8.80. The van der Waals surface area contributed by atoms with Crippen LogP contribution in [0.2, 0.25) is 5.02 Å². The first-order chi connectivity index (χ1) is 13.4.